The number of hydrogen-bond donors (Lipinski definition) is 1. The Morgan fingerprint density at radius 2 is 2.25 bits per heavy atom. The van der Waals surface area contributed by atoms with Crippen LogP contribution < -0.4 is 0 Å². The summed E-state index contributed by atoms with van der Waals surface area (Å²) in [5.41, 5.74) is 2.57. The van der Waals surface area contributed by atoms with Gasteiger partial charge in [-0.05, 0) is 43.1 Å². The first-order chi connectivity index (χ1) is 9.43. The van der Waals surface area contributed by atoms with Crippen molar-refractivity contribution >= 4 is 29.4 Å². The number of fused-ring (bicyclic) bond motifs is 1. The number of rotatable bonds is 4. The summed E-state index contributed by atoms with van der Waals surface area (Å²) in [5, 5.41) is 0. The number of aromatic nitrogens is 3. The first-order valence-corrected chi connectivity index (χ1v) is 6.99. The van der Waals surface area contributed by atoms with Gasteiger partial charge in [-0.2, -0.15) is 0 Å². The minimum atomic E-state index is -0.448. The van der Waals surface area contributed by atoms with Crippen molar-refractivity contribution in [3.8, 4) is 0 Å². The highest BCUT2D eigenvalue weighted by Crippen LogP contribution is 2.24. The molecule has 0 aliphatic carbocycles. The lowest BCUT2D eigenvalue weighted by atomic mass is 10.0. The van der Waals surface area contributed by atoms with E-state index in [4.69, 9.17) is 17.0 Å². The van der Waals surface area contributed by atoms with Gasteiger partial charge in [0.15, 0.2) is 10.4 Å². The van der Waals surface area contributed by atoms with Crippen molar-refractivity contribution in [2.75, 3.05) is 7.11 Å². The fourth-order valence-electron chi connectivity index (χ4n) is 2.30. The number of carbonyl (C=O) groups is 1. The number of nitrogens with one attached hydrogen (secondary N) is 1. The molecule has 0 spiro atoms. The molecule has 108 valence electrons. The summed E-state index contributed by atoms with van der Waals surface area (Å²) in [5.74, 6) is 0.0504. The van der Waals surface area contributed by atoms with Crippen LogP contribution in [0.3, 0.4) is 0 Å². The predicted molar refractivity (Wildman–Crippen MR) is 80.2 cm³/mol. The van der Waals surface area contributed by atoms with E-state index in [2.05, 4.69) is 23.8 Å². The van der Waals surface area contributed by atoms with Gasteiger partial charge in [0.05, 0.1) is 12.6 Å². The summed E-state index contributed by atoms with van der Waals surface area (Å²) < 4.78 is 7.17. The number of methoxy groups -OCH3 is 1. The molecule has 2 aromatic rings. The SMILES string of the molecule is COC(=O)C(CC(C)C)n1c(=S)[nH]c2cc(C)cnc21. The fraction of sp³-hybridized carbons (Fsp3) is 0.500. The first kappa shape index (κ1) is 14.7. The molecule has 1 N–H and O–H groups in total. The number of hydrogen-bond acceptors (Lipinski definition) is 4. The molecule has 20 heavy (non-hydrogen) atoms. The number of aromatic amines is 1. The number of nitrogens with zero attached hydrogens (tertiary/aromatic N) is 2. The van der Waals surface area contributed by atoms with Crippen LogP contribution in [0.4, 0.5) is 0 Å². The van der Waals surface area contributed by atoms with E-state index in [1.54, 1.807) is 10.8 Å². The van der Waals surface area contributed by atoms with Crippen molar-refractivity contribution in [3.63, 3.8) is 0 Å². The first-order valence-electron chi connectivity index (χ1n) is 6.58. The lowest BCUT2D eigenvalue weighted by Crippen LogP contribution is -2.23. The van der Waals surface area contributed by atoms with E-state index in [-0.39, 0.29) is 5.97 Å². The molecule has 0 saturated carbocycles. The molecule has 6 heteroatoms. The molecule has 0 saturated heterocycles. The molecule has 0 aliphatic heterocycles. The summed E-state index contributed by atoms with van der Waals surface area (Å²) in [6, 6.07) is 1.52. The van der Waals surface area contributed by atoms with Crippen molar-refractivity contribution in [3.05, 3.63) is 22.6 Å². The van der Waals surface area contributed by atoms with Crippen LogP contribution in [0.15, 0.2) is 12.3 Å². The van der Waals surface area contributed by atoms with Crippen LogP contribution in [0.1, 0.15) is 31.9 Å². The summed E-state index contributed by atoms with van der Waals surface area (Å²) in [7, 11) is 1.39. The number of pyridine rings is 1. The molecule has 0 bridgehead atoms. The Balaban J connectivity index is 2.61. The number of esters is 1. The Morgan fingerprint density at radius 3 is 2.85 bits per heavy atom. The van der Waals surface area contributed by atoms with Crippen molar-refractivity contribution in [1.82, 2.24) is 14.5 Å². The van der Waals surface area contributed by atoms with Gasteiger partial charge in [0.25, 0.3) is 0 Å². The van der Waals surface area contributed by atoms with Crippen LogP contribution in [-0.4, -0.2) is 27.6 Å². The van der Waals surface area contributed by atoms with Crippen molar-refractivity contribution in [2.45, 2.75) is 33.2 Å². The maximum atomic E-state index is 12.1. The molecule has 1 atom stereocenters. The van der Waals surface area contributed by atoms with Crippen molar-refractivity contribution in [2.24, 2.45) is 5.92 Å². The van der Waals surface area contributed by atoms with Crippen LogP contribution in [0.25, 0.3) is 11.2 Å². The van der Waals surface area contributed by atoms with Gasteiger partial charge in [-0.25, -0.2) is 9.78 Å². The van der Waals surface area contributed by atoms with Crippen LogP contribution in [-0.2, 0) is 9.53 Å². The standard InChI is InChI=1S/C14H19N3O2S/c1-8(2)5-11(13(18)19-4)17-12-10(16-14(17)20)6-9(3)7-15-12/h6-8,11H,5H2,1-4H3,(H,16,20). The second kappa shape index (κ2) is 5.75. The van der Waals surface area contributed by atoms with Gasteiger partial charge < -0.3 is 9.72 Å². The van der Waals surface area contributed by atoms with Gasteiger partial charge in [-0.1, -0.05) is 13.8 Å². The minimum Gasteiger partial charge on any atom is -0.467 e. The third kappa shape index (κ3) is 2.75. The Morgan fingerprint density at radius 1 is 1.55 bits per heavy atom. The van der Waals surface area contributed by atoms with E-state index in [1.807, 2.05) is 13.0 Å². The van der Waals surface area contributed by atoms with E-state index in [0.29, 0.717) is 22.8 Å². The monoisotopic (exact) mass is 293 g/mol. The van der Waals surface area contributed by atoms with E-state index >= 15 is 0 Å². The van der Waals surface area contributed by atoms with Gasteiger partial charge in [-0.15, -0.1) is 0 Å². The lowest BCUT2D eigenvalue weighted by Gasteiger charge is -2.18. The van der Waals surface area contributed by atoms with Gasteiger partial charge in [0, 0.05) is 6.20 Å². The van der Waals surface area contributed by atoms with Crippen LogP contribution >= 0.6 is 12.2 Å². The highest BCUT2D eigenvalue weighted by Gasteiger charge is 2.25. The Bertz CT molecular complexity index is 687. The second-order valence-corrected chi connectivity index (χ2v) is 5.74. The zero-order chi connectivity index (χ0) is 14.9. The smallest absolute Gasteiger partial charge is 0.329 e. The Kier molecular flexibility index (Phi) is 4.23. The average Bonchev–Trinajstić information content (AvgIpc) is 2.69. The third-order valence-electron chi connectivity index (χ3n) is 3.17. The summed E-state index contributed by atoms with van der Waals surface area (Å²) in [6.45, 7) is 6.09. The normalized spacial score (nSPS) is 12.8. The van der Waals surface area contributed by atoms with Gasteiger partial charge in [0.1, 0.15) is 6.04 Å². The van der Waals surface area contributed by atoms with E-state index in [0.717, 1.165) is 11.1 Å². The molecule has 5 nitrogen and oxygen atoms in total. The van der Waals surface area contributed by atoms with Crippen LogP contribution in [0, 0.1) is 17.6 Å². The lowest BCUT2D eigenvalue weighted by molar-refractivity contribution is -0.145. The molecule has 0 fully saturated rings. The van der Waals surface area contributed by atoms with Gasteiger partial charge >= 0.3 is 5.97 Å². The molecule has 2 aromatic heterocycles. The van der Waals surface area contributed by atoms with Crippen LogP contribution in [0.5, 0.6) is 0 Å². The van der Waals surface area contributed by atoms with E-state index in [9.17, 15) is 4.79 Å². The summed E-state index contributed by atoms with van der Waals surface area (Å²) in [4.78, 5) is 19.6. The Hall–Kier alpha value is -1.69. The fourth-order valence-corrected chi connectivity index (χ4v) is 2.62. The zero-order valence-electron chi connectivity index (χ0n) is 12.1. The zero-order valence-corrected chi connectivity index (χ0v) is 13.0. The highest BCUT2D eigenvalue weighted by molar-refractivity contribution is 7.71. The highest BCUT2D eigenvalue weighted by atomic mass is 32.1. The molecule has 0 aliphatic rings. The second-order valence-electron chi connectivity index (χ2n) is 5.35. The van der Waals surface area contributed by atoms with Gasteiger partial charge in [-0.3, -0.25) is 4.57 Å². The maximum absolute atomic E-state index is 12.1. The van der Waals surface area contributed by atoms with Crippen molar-refractivity contribution < 1.29 is 9.53 Å². The van der Waals surface area contributed by atoms with Crippen molar-refractivity contribution in [1.29, 1.82) is 0 Å². The van der Waals surface area contributed by atoms with Gasteiger partial charge in [0.2, 0.25) is 0 Å². The average molecular weight is 293 g/mol. The van der Waals surface area contributed by atoms with E-state index < -0.39 is 6.04 Å². The molecule has 1 unspecified atom stereocenters. The number of ether oxygens (including phenoxy) is 1. The summed E-state index contributed by atoms with van der Waals surface area (Å²) in [6.07, 6.45) is 2.43. The third-order valence-corrected chi connectivity index (χ3v) is 3.47. The minimum absolute atomic E-state index is 0.293. The molecule has 0 radical (unpaired) electrons. The largest absolute Gasteiger partial charge is 0.467 e. The number of carbonyl (C=O) groups excluding carboxylic acids is 1. The molecule has 0 aromatic carbocycles. The molecular weight excluding hydrogens is 274 g/mol. The number of imidazole rings is 1. The molecule has 0 amide bonds. The van der Waals surface area contributed by atoms with E-state index in [1.165, 1.54) is 7.11 Å². The predicted octanol–water partition coefficient (Wildman–Crippen LogP) is 3.16. The Labute approximate surface area is 123 Å². The molecule has 2 heterocycles. The topological polar surface area (TPSA) is 59.9 Å². The number of H-pyrrole nitrogens is 1. The van der Waals surface area contributed by atoms with Crippen LogP contribution in [0.2, 0.25) is 0 Å². The quantitative estimate of drug-likeness (QED) is 0.695. The number of aryl methyl sites for hydroxylation is 1. The molecular formula is C14H19N3O2S. The maximum Gasteiger partial charge on any atom is 0.329 e. The summed E-state index contributed by atoms with van der Waals surface area (Å²) >= 11 is 5.35. The molecule has 2 rings (SSSR count).